The normalized spacial score (nSPS) is 31.8. The molecule has 0 aromatic heterocycles. The van der Waals surface area contributed by atoms with Crippen molar-refractivity contribution in [3.63, 3.8) is 0 Å². The van der Waals surface area contributed by atoms with Crippen molar-refractivity contribution in [2.75, 3.05) is 6.61 Å². The maximum Gasteiger partial charge on any atom is 0.311 e. The molecule has 3 nitrogen and oxygen atoms in total. The van der Waals surface area contributed by atoms with E-state index < -0.39 is 11.5 Å². The van der Waals surface area contributed by atoms with E-state index in [0.29, 0.717) is 23.2 Å². The van der Waals surface area contributed by atoms with Crippen molar-refractivity contribution in [3.05, 3.63) is 22.7 Å². The molecule has 2 fully saturated rings. The smallest absolute Gasteiger partial charge is 0.311 e. The van der Waals surface area contributed by atoms with Gasteiger partial charge in [-0.1, -0.05) is 48.9 Å². The van der Waals surface area contributed by atoms with Crippen LogP contribution in [0.5, 0.6) is 0 Å². The molecule has 2 aliphatic carbocycles. The Kier molecular flexibility index (Phi) is 8.23. The second kappa shape index (κ2) is 9.68. The SMILES string of the molecule is C=C(COC(=O)C(C)(C)C)[C@H](C)[C@@H](O)C[C@@H](C)[C@H]1CC[C@H]2/C(=C/Br)CCC[C@]12C. The zero-order chi connectivity index (χ0) is 22.0. The lowest BCUT2D eigenvalue weighted by atomic mass is 9.61. The van der Waals surface area contributed by atoms with Gasteiger partial charge in [0, 0.05) is 5.92 Å². The van der Waals surface area contributed by atoms with Gasteiger partial charge in [-0.25, -0.2) is 0 Å². The average molecular weight is 470 g/mol. The number of hydrogen-bond donors (Lipinski definition) is 1. The highest BCUT2D eigenvalue weighted by Gasteiger charge is 2.50. The van der Waals surface area contributed by atoms with E-state index in [0.717, 1.165) is 12.0 Å². The van der Waals surface area contributed by atoms with Gasteiger partial charge in [0.15, 0.2) is 0 Å². The highest BCUT2D eigenvalue weighted by atomic mass is 79.9. The lowest BCUT2D eigenvalue weighted by molar-refractivity contribution is -0.152. The molecule has 0 bridgehead atoms. The van der Waals surface area contributed by atoms with Crippen LogP contribution in [0.15, 0.2) is 22.7 Å². The van der Waals surface area contributed by atoms with Crippen molar-refractivity contribution in [2.24, 2.45) is 34.5 Å². The lowest BCUT2D eigenvalue weighted by Gasteiger charge is -2.44. The first-order chi connectivity index (χ1) is 13.4. The Morgan fingerprint density at radius 2 is 2.03 bits per heavy atom. The molecule has 1 N–H and O–H groups in total. The highest BCUT2D eigenvalue weighted by Crippen LogP contribution is 2.60. The Hall–Kier alpha value is -0.610. The fraction of sp³-hybridized carbons (Fsp3) is 0.800. The second-order valence-electron chi connectivity index (χ2n) is 10.8. The summed E-state index contributed by atoms with van der Waals surface area (Å²) in [5.74, 6) is 1.47. The molecule has 166 valence electrons. The van der Waals surface area contributed by atoms with Crippen LogP contribution in [0.2, 0.25) is 0 Å². The molecule has 6 atom stereocenters. The summed E-state index contributed by atoms with van der Waals surface area (Å²) in [6.45, 7) is 16.6. The number of aliphatic hydroxyl groups excluding tert-OH is 1. The maximum atomic E-state index is 12.0. The lowest BCUT2D eigenvalue weighted by Crippen LogP contribution is -2.37. The van der Waals surface area contributed by atoms with Crippen molar-refractivity contribution in [1.29, 1.82) is 0 Å². The average Bonchev–Trinajstić information content (AvgIpc) is 3.01. The molecule has 0 saturated heterocycles. The number of esters is 1. The number of fused-ring (bicyclic) bond motifs is 1. The topological polar surface area (TPSA) is 46.5 Å². The quantitative estimate of drug-likeness (QED) is 0.335. The summed E-state index contributed by atoms with van der Waals surface area (Å²) in [5, 5.41) is 10.9. The van der Waals surface area contributed by atoms with Gasteiger partial charge >= 0.3 is 5.97 Å². The van der Waals surface area contributed by atoms with E-state index in [9.17, 15) is 9.90 Å². The van der Waals surface area contributed by atoms with Gasteiger partial charge in [-0.05, 0) is 93.0 Å². The molecule has 0 heterocycles. The molecule has 4 heteroatoms. The van der Waals surface area contributed by atoms with Crippen molar-refractivity contribution in [3.8, 4) is 0 Å². The summed E-state index contributed by atoms with van der Waals surface area (Å²) in [5.41, 5.74) is 2.20. The van der Waals surface area contributed by atoms with Gasteiger partial charge in [0.25, 0.3) is 0 Å². The predicted molar refractivity (Wildman–Crippen MR) is 124 cm³/mol. The first kappa shape index (κ1) is 24.7. The molecule has 0 aromatic rings. The molecule has 0 aliphatic heterocycles. The molecule has 2 saturated carbocycles. The van der Waals surface area contributed by atoms with Gasteiger partial charge in [0.1, 0.15) is 6.61 Å². The molecule has 0 spiro atoms. The van der Waals surface area contributed by atoms with Gasteiger partial charge in [-0.2, -0.15) is 0 Å². The van der Waals surface area contributed by atoms with Crippen LogP contribution in [0.25, 0.3) is 0 Å². The Balaban J connectivity index is 1.93. The first-order valence-electron chi connectivity index (χ1n) is 11.2. The van der Waals surface area contributed by atoms with Gasteiger partial charge in [0.2, 0.25) is 0 Å². The van der Waals surface area contributed by atoms with Gasteiger partial charge < -0.3 is 9.84 Å². The highest BCUT2D eigenvalue weighted by molar-refractivity contribution is 9.11. The number of carbonyl (C=O) groups excluding carboxylic acids is 1. The summed E-state index contributed by atoms with van der Waals surface area (Å²) in [7, 11) is 0. The van der Waals surface area contributed by atoms with E-state index in [1.165, 1.54) is 32.1 Å². The minimum absolute atomic E-state index is 0.0837. The molecule has 0 amide bonds. The molecule has 0 unspecified atom stereocenters. The number of ether oxygens (including phenoxy) is 1. The molecular weight excluding hydrogens is 428 g/mol. The number of aliphatic hydroxyl groups is 1. The summed E-state index contributed by atoms with van der Waals surface area (Å²) in [6.07, 6.45) is 6.61. The van der Waals surface area contributed by atoms with Crippen molar-refractivity contribution >= 4 is 21.9 Å². The second-order valence-corrected chi connectivity index (χ2v) is 11.3. The van der Waals surface area contributed by atoms with E-state index in [2.05, 4.69) is 41.3 Å². The van der Waals surface area contributed by atoms with Crippen LogP contribution in [-0.4, -0.2) is 23.8 Å². The van der Waals surface area contributed by atoms with E-state index >= 15 is 0 Å². The fourth-order valence-corrected chi connectivity index (χ4v) is 6.22. The first-order valence-corrected chi connectivity index (χ1v) is 12.2. The zero-order valence-corrected chi connectivity index (χ0v) is 20.8. The minimum Gasteiger partial charge on any atom is -0.461 e. The molecule has 29 heavy (non-hydrogen) atoms. The Morgan fingerprint density at radius 3 is 2.62 bits per heavy atom. The number of allylic oxidation sites excluding steroid dienone is 1. The molecule has 2 aliphatic rings. The fourth-order valence-electron chi connectivity index (χ4n) is 5.67. The van der Waals surface area contributed by atoms with Gasteiger partial charge in [-0.15, -0.1) is 0 Å². The van der Waals surface area contributed by atoms with Crippen LogP contribution in [-0.2, 0) is 9.53 Å². The van der Waals surface area contributed by atoms with Gasteiger partial charge in [-0.3, -0.25) is 4.79 Å². The van der Waals surface area contributed by atoms with Crippen LogP contribution >= 0.6 is 15.9 Å². The van der Waals surface area contributed by atoms with E-state index in [1.54, 1.807) is 5.57 Å². The third-order valence-corrected chi connectivity index (χ3v) is 8.29. The Labute approximate surface area is 186 Å². The maximum absolute atomic E-state index is 12.0. The standard InChI is InChI=1S/C25H41BrO3/c1-16(20-10-11-21-19(14-26)9-8-12-25(20,21)7)13-22(27)18(3)17(2)15-29-23(28)24(4,5)6/h14,16,18,20-22,27H,2,8-13,15H2,1,3-7H3/b19-14+/t16-,18+,20-,21+,22+,25-/m1/s1. The van der Waals surface area contributed by atoms with Crippen LogP contribution in [0, 0.1) is 34.5 Å². The van der Waals surface area contributed by atoms with Gasteiger partial charge in [0.05, 0.1) is 11.5 Å². The monoisotopic (exact) mass is 468 g/mol. The Bertz CT molecular complexity index is 632. The van der Waals surface area contributed by atoms with E-state index in [1.807, 2.05) is 27.7 Å². The zero-order valence-electron chi connectivity index (χ0n) is 19.3. The van der Waals surface area contributed by atoms with Crippen molar-refractivity contribution < 1.29 is 14.6 Å². The number of carbonyl (C=O) groups is 1. The summed E-state index contributed by atoms with van der Waals surface area (Å²) >= 11 is 3.59. The summed E-state index contributed by atoms with van der Waals surface area (Å²) in [4.78, 5) is 14.2. The van der Waals surface area contributed by atoms with E-state index in [4.69, 9.17) is 4.74 Å². The van der Waals surface area contributed by atoms with Crippen LogP contribution < -0.4 is 0 Å². The number of hydrogen-bond acceptors (Lipinski definition) is 3. The van der Waals surface area contributed by atoms with Crippen LogP contribution in [0.1, 0.15) is 80.1 Å². The third kappa shape index (κ3) is 5.55. The van der Waals surface area contributed by atoms with Crippen LogP contribution in [0.4, 0.5) is 0 Å². The number of halogens is 1. The molecule has 2 rings (SSSR count). The largest absolute Gasteiger partial charge is 0.461 e. The van der Waals surface area contributed by atoms with Crippen LogP contribution in [0.3, 0.4) is 0 Å². The summed E-state index contributed by atoms with van der Waals surface area (Å²) < 4.78 is 5.39. The predicted octanol–water partition coefficient (Wildman–Crippen LogP) is 6.65. The summed E-state index contributed by atoms with van der Waals surface area (Å²) in [6, 6.07) is 0. The molecule has 0 radical (unpaired) electrons. The molecule has 0 aromatic carbocycles. The minimum atomic E-state index is -0.520. The van der Waals surface area contributed by atoms with Crippen molar-refractivity contribution in [2.45, 2.75) is 86.2 Å². The third-order valence-electron chi connectivity index (χ3n) is 7.70. The van der Waals surface area contributed by atoms with E-state index in [-0.39, 0.29) is 18.5 Å². The molecular formula is C25H41BrO3. The van der Waals surface area contributed by atoms with Crippen molar-refractivity contribution in [1.82, 2.24) is 0 Å². The Morgan fingerprint density at radius 1 is 1.38 bits per heavy atom. The number of rotatable bonds is 7.